The lowest BCUT2D eigenvalue weighted by molar-refractivity contribution is -0.385. The fourth-order valence-corrected chi connectivity index (χ4v) is 3.28. The number of ether oxygens (including phenoxy) is 1. The van der Waals surface area contributed by atoms with E-state index in [2.05, 4.69) is 4.90 Å². The summed E-state index contributed by atoms with van der Waals surface area (Å²) in [5, 5.41) is 21.6. The van der Waals surface area contributed by atoms with Crippen molar-refractivity contribution in [2.24, 2.45) is 0 Å². The van der Waals surface area contributed by atoms with E-state index in [0.717, 1.165) is 31.5 Å². The molecule has 1 N–H and O–H groups in total. The first kappa shape index (κ1) is 14.3. The van der Waals surface area contributed by atoms with Gasteiger partial charge in [-0.1, -0.05) is 0 Å². The van der Waals surface area contributed by atoms with Crippen LogP contribution < -0.4 is 4.74 Å². The molecule has 0 bridgehead atoms. The van der Waals surface area contributed by atoms with Gasteiger partial charge in [0.05, 0.1) is 17.0 Å². The molecular weight excluding hydrogens is 272 g/mol. The molecule has 2 atom stereocenters. The van der Waals surface area contributed by atoms with Gasteiger partial charge < -0.3 is 9.84 Å². The summed E-state index contributed by atoms with van der Waals surface area (Å²) in [5.74, 6) is 0.511. The van der Waals surface area contributed by atoms with Crippen LogP contribution in [-0.2, 0) is 0 Å². The topological polar surface area (TPSA) is 75.8 Å². The van der Waals surface area contributed by atoms with Gasteiger partial charge in [-0.25, -0.2) is 0 Å². The van der Waals surface area contributed by atoms with E-state index in [9.17, 15) is 15.2 Å². The number of nitro groups is 1. The first-order chi connectivity index (χ1) is 9.90. The van der Waals surface area contributed by atoms with E-state index in [0.29, 0.717) is 5.75 Å². The van der Waals surface area contributed by atoms with E-state index in [-0.39, 0.29) is 11.7 Å². The van der Waals surface area contributed by atoms with Gasteiger partial charge in [0.2, 0.25) is 0 Å². The molecular formula is C15H20N2O4. The van der Waals surface area contributed by atoms with Gasteiger partial charge in [0.15, 0.2) is 0 Å². The summed E-state index contributed by atoms with van der Waals surface area (Å²) in [6.45, 7) is 5.52. The molecule has 0 amide bonds. The van der Waals surface area contributed by atoms with Crippen LogP contribution in [0.15, 0.2) is 18.2 Å². The number of aliphatic hydroxyl groups is 1. The van der Waals surface area contributed by atoms with Gasteiger partial charge in [-0.05, 0) is 45.8 Å². The third-order valence-electron chi connectivity index (χ3n) is 4.45. The summed E-state index contributed by atoms with van der Waals surface area (Å²) in [4.78, 5) is 12.8. The van der Waals surface area contributed by atoms with E-state index < -0.39 is 16.6 Å². The third-order valence-corrected chi connectivity index (χ3v) is 4.45. The number of aliphatic hydroxyl groups excluding tert-OH is 1. The second-order valence-electron chi connectivity index (χ2n) is 6.32. The van der Waals surface area contributed by atoms with Crippen LogP contribution in [0.25, 0.3) is 0 Å². The zero-order valence-electron chi connectivity index (χ0n) is 12.3. The molecule has 2 heterocycles. The van der Waals surface area contributed by atoms with E-state index in [1.807, 2.05) is 13.8 Å². The van der Waals surface area contributed by atoms with Gasteiger partial charge in [-0.2, -0.15) is 0 Å². The minimum Gasteiger partial charge on any atom is -0.484 e. The Morgan fingerprint density at radius 1 is 1.38 bits per heavy atom. The summed E-state index contributed by atoms with van der Waals surface area (Å²) >= 11 is 0. The zero-order chi connectivity index (χ0) is 15.2. The quantitative estimate of drug-likeness (QED) is 0.668. The van der Waals surface area contributed by atoms with Crippen LogP contribution in [0.1, 0.15) is 38.3 Å². The van der Waals surface area contributed by atoms with Crippen LogP contribution in [0.3, 0.4) is 0 Å². The number of non-ortho nitro benzene ring substituents is 1. The van der Waals surface area contributed by atoms with Crippen LogP contribution >= 0.6 is 0 Å². The minimum absolute atomic E-state index is 0.0149. The van der Waals surface area contributed by atoms with Crippen molar-refractivity contribution >= 4 is 5.69 Å². The Bertz CT molecular complexity index is 567. The average Bonchev–Trinajstić information content (AvgIpc) is 2.93. The summed E-state index contributed by atoms with van der Waals surface area (Å²) in [6, 6.07) is 4.50. The number of rotatable bonds is 2. The summed E-state index contributed by atoms with van der Waals surface area (Å²) < 4.78 is 5.83. The predicted octanol–water partition coefficient (Wildman–Crippen LogP) is 2.26. The van der Waals surface area contributed by atoms with E-state index in [1.165, 1.54) is 12.1 Å². The Kier molecular flexibility index (Phi) is 3.37. The molecule has 3 rings (SSSR count). The largest absolute Gasteiger partial charge is 0.484 e. The maximum Gasteiger partial charge on any atom is 0.273 e. The first-order valence-corrected chi connectivity index (χ1v) is 7.29. The van der Waals surface area contributed by atoms with E-state index >= 15 is 0 Å². The van der Waals surface area contributed by atoms with Crippen LogP contribution in [-0.4, -0.2) is 39.7 Å². The molecule has 6 heteroatoms. The highest BCUT2D eigenvalue weighted by Gasteiger charge is 2.46. The van der Waals surface area contributed by atoms with Crippen molar-refractivity contribution in [2.75, 3.05) is 13.1 Å². The van der Waals surface area contributed by atoms with E-state index in [4.69, 9.17) is 4.74 Å². The monoisotopic (exact) mass is 292 g/mol. The van der Waals surface area contributed by atoms with Gasteiger partial charge in [0.1, 0.15) is 17.5 Å². The van der Waals surface area contributed by atoms with Gasteiger partial charge >= 0.3 is 0 Å². The molecule has 6 nitrogen and oxygen atoms in total. The van der Waals surface area contributed by atoms with Gasteiger partial charge in [-0.15, -0.1) is 0 Å². The Labute approximate surface area is 123 Å². The highest BCUT2D eigenvalue weighted by atomic mass is 16.6. The van der Waals surface area contributed by atoms with Crippen molar-refractivity contribution in [2.45, 2.75) is 44.4 Å². The smallest absolute Gasteiger partial charge is 0.273 e. The number of nitrogens with zero attached hydrogens (tertiary/aromatic N) is 2. The highest BCUT2D eigenvalue weighted by molar-refractivity contribution is 5.48. The molecule has 0 saturated carbocycles. The molecule has 0 aliphatic carbocycles. The number of hydrogen-bond donors (Lipinski definition) is 1. The molecule has 0 radical (unpaired) electrons. The molecule has 1 unspecified atom stereocenters. The molecule has 1 fully saturated rings. The van der Waals surface area contributed by atoms with Gasteiger partial charge in [0, 0.05) is 11.6 Å². The second kappa shape index (κ2) is 4.96. The van der Waals surface area contributed by atoms with Crippen molar-refractivity contribution in [3.8, 4) is 5.75 Å². The summed E-state index contributed by atoms with van der Waals surface area (Å²) in [5.41, 5.74) is 0.0885. The van der Waals surface area contributed by atoms with Crippen molar-refractivity contribution in [3.05, 3.63) is 33.9 Å². The lowest BCUT2D eigenvalue weighted by atomic mass is 9.85. The van der Waals surface area contributed by atoms with E-state index in [1.54, 1.807) is 6.07 Å². The standard InChI is InChI=1S/C15H20N2O4/c1-15(2)14(18)13(16-7-3-4-8-16)11-6-5-10(17(19)20)9-12(11)21-15/h5-6,9,13-14,18H,3-4,7-8H2,1-2H3/t13?,14-/m0/s1. The maximum absolute atomic E-state index is 10.9. The summed E-state index contributed by atoms with van der Waals surface area (Å²) in [7, 11) is 0. The highest BCUT2D eigenvalue weighted by Crippen LogP contribution is 2.44. The number of benzene rings is 1. The van der Waals surface area contributed by atoms with Crippen LogP contribution in [0.2, 0.25) is 0 Å². The lowest BCUT2D eigenvalue weighted by Gasteiger charge is -2.45. The number of likely N-dealkylation sites (tertiary alicyclic amines) is 1. The predicted molar refractivity (Wildman–Crippen MR) is 77.4 cm³/mol. The minimum atomic E-state index is -0.768. The molecule has 0 aromatic heterocycles. The molecule has 1 saturated heterocycles. The van der Waals surface area contributed by atoms with Gasteiger partial charge in [-0.3, -0.25) is 15.0 Å². The molecule has 1 aromatic carbocycles. The summed E-state index contributed by atoms with van der Waals surface area (Å²) in [6.07, 6.45) is 1.57. The molecule has 21 heavy (non-hydrogen) atoms. The molecule has 1 aromatic rings. The molecule has 2 aliphatic heterocycles. The molecule has 114 valence electrons. The van der Waals surface area contributed by atoms with Crippen LogP contribution in [0.4, 0.5) is 5.69 Å². The van der Waals surface area contributed by atoms with Crippen molar-refractivity contribution in [3.63, 3.8) is 0 Å². The first-order valence-electron chi connectivity index (χ1n) is 7.29. The SMILES string of the molecule is CC1(C)Oc2cc([N+](=O)[O-])ccc2C(N2CCCC2)[C@@H]1O. The van der Waals surface area contributed by atoms with Crippen molar-refractivity contribution in [1.82, 2.24) is 4.90 Å². The van der Waals surface area contributed by atoms with Crippen molar-refractivity contribution < 1.29 is 14.8 Å². The van der Waals surface area contributed by atoms with Crippen LogP contribution in [0, 0.1) is 10.1 Å². The normalized spacial score (nSPS) is 28.0. The number of fused-ring (bicyclic) bond motifs is 1. The van der Waals surface area contributed by atoms with Crippen LogP contribution in [0.5, 0.6) is 5.75 Å². The Hall–Kier alpha value is -1.66. The Morgan fingerprint density at radius 2 is 2.05 bits per heavy atom. The fourth-order valence-electron chi connectivity index (χ4n) is 3.28. The Morgan fingerprint density at radius 3 is 2.67 bits per heavy atom. The number of hydrogen-bond acceptors (Lipinski definition) is 5. The molecule has 2 aliphatic rings. The van der Waals surface area contributed by atoms with Crippen molar-refractivity contribution in [1.29, 1.82) is 0 Å². The Balaban J connectivity index is 2.06. The zero-order valence-corrected chi connectivity index (χ0v) is 12.3. The maximum atomic E-state index is 10.9. The fraction of sp³-hybridized carbons (Fsp3) is 0.600. The molecule has 0 spiro atoms. The average molecular weight is 292 g/mol. The number of nitro benzene ring substituents is 1. The van der Waals surface area contributed by atoms with Gasteiger partial charge in [0.25, 0.3) is 5.69 Å². The lowest BCUT2D eigenvalue weighted by Crippen LogP contribution is -2.53. The third kappa shape index (κ3) is 2.38. The second-order valence-corrected chi connectivity index (χ2v) is 6.32.